The predicted octanol–water partition coefficient (Wildman–Crippen LogP) is 0.838. The molecule has 0 bridgehead atoms. The molecule has 0 saturated heterocycles. The summed E-state index contributed by atoms with van der Waals surface area (Å²) in [6, 6.07) is 0. The van der Waals surface area contributed by atoms with Gasteiger partial charge in [-0.3, -0.25) is 0 Å². The summed E-state index contributed by atoms with van der Waals surface area (Å²) in [5, 5.41) is 0. The molecular weight excluding hydrogens is 211 g/mol. The first-order valence-electron chi connectivity index (χ1n) is 3.63. The standard InChI is InChI=1S/2C4H6N2.Co/c2*1-6-3-2-5-4-6;/h2*2-4H,1H3;/q;;+2. The van der Waals surface area contributed by atoms with Crippen molar-refractivity contribution in [3.05, 3.63) is 37.4 Å². The molecule has 2 heterocycles. The molecular formula is C8H12CoN4+2. The normalized spacial score (nSPS) is 8.15. The van der Waals surface area contributed by atoms with Gasteiger partial charge in [-0.15, -0.1) is 0 Å². The number of nitrogens with zero attached hydrogens (tertiary/aromatic N) is 4. The molecule has 2 aromatic heterocycles. The van der Waals surface area contributed by atoms with Crippen LogP contribution in [-0.4, -0.2) is 19.1 Å². The second-order valence-corrected chi connectivity index (χ2v) is 2.46. The molecule has 4 nitrogen and oxygen atoms in total. The molecule has 2 aromatic rings. The Kier molecular flexibility index (Phi) is 5.91. The molecule has 0 amide bonds. The minimum atomic E-state index is 0. The molecule has 0 aliphatic carbocycles. The molecule has 0 fully saturated rings. The van der Waals surface area contributed by atoms with E-state index in [1.165, 1.54) is 0 Å². The van der Waals surface area contributed by atoms with Gasteiger partial charge < -0.3 is 9.13 Å². The second-order valence-electron chi connectivity index (χ2n) is 2.46. The Bertz CT molecular complexity index is 256. The summed E-state index contributed by atoms with van der Waals surface area (Å²) in [7, 11) is 3.88. The number of aryl methyl sites for hydroxylation is 2. The molecule has 0 aliphatic heterocycles. The van der Waals surface area contributed by atoms with E-state index in [2.05, 4.69) is 9.97 Å². The summed E-state index contributed by atoms with van der Waals surface area (Å²) in [4.78, 5) is 7.57. The van der Waals surface area contributed by atoms with E-state index < -0.39 is 0 Å². The van der Waals surface area contributed by atoms with E-state index in [0.717, 1.165) is 0 Å². The van der Waals surface area contributed by atoms with Crippen LogP contribution < -0.4 is 0 Å². The van der Waals surface area contributed by atoms with Gasteiger partial charge in [0.2, 0.25) is 0 Å². The van der Waals surface area contributed by atoms with E-state index in [-0.39, 0.29) is 16.8 Å². The quantitative estimate of drug-likeness (QED) is 0.663. The van der Waals surface area contributed by atoms with Gasteiger partial charge in [-0.2, -0.15) is 0 Å². The fourth-order valence-corrected chi connectivity index (χ4v) is 0.652. The van der Waals surface area contributed by atoms with E-state index in [1.807, 2.05) is 35.6 Å². The molecule has 71 valence electrons. The van der Waals surface area contributed by atoms with Crippen molar-refractivity contribution >= 4 is 0 Å². The summed E-state index contributed by atoms with van der Waals surface area (Å²) in [5.41, 5.74) is 0. The van der Waals surface area contributed by atoms with Crippen LogP contribution in [0.3, 0.4) is 0 Å². The average Bonchev–Trinajstić information content (AvgIpc) is 2.63. The van der Waals surface area contributed by atoms with E-state index in [9.17, 15) is 0 Å². The van der Waals surface area contributed by atoms with Crippen LogP contribution in [0.4, 0.5) is 0 Å². The van der Waals surface area contributed by atoms with Crippen molar-refractivity contribution in [2.75, 3.05) is 0 Å². The number of aromatic nitrogens is 4. The first kappa shape index (κ1) is 11.9. The monoisotopic (exact) mass is 223 g/mol. The Morgan fingerprint density at radius 2 is 1.23 bits per heavy atom. The topological polar surface area (TPSA) is 35.6 Å². The summed E-state index contributed by atoms with van der Waals surface area (Å²) in [6.45, 7) is 0. The van der Waals surface area contributed by atoms with Crippen LogP contribution in [0.1, 0.15) is 0 Å². The third kappa shape index (κ3) is 5.21. The maximum atomic E-state index is 3.78. The molecule has 2 rings (SSSR count). The van der Waals surface area contributed by atoms with Gasteiger partial charge in [-0.1, -0.05) is 0 Å². The zero-order valence-electron chi connectivity index (χ0n) is 7.59. The van der Waals surface area contributed by atoms with Crippen LogP contribution in [0, 0.1) is 0 Å². The molecule has 0 unspecified atom stereocenters. The zero-order valence-corrected chi connectivity index (χ0v) is 8.63. The summed E-state index contributed by atoms with van der Waals surface area (Å²) < 4.78 is 3.78. The van der Waals surface area contributed by atoms with Crippen LogP contribution in [-0.2, 0) is 30.9 Å². The molecule has 0 saturated carbocycles. The number of hydrogen-bond donors (Lipinski definition) is 0. The van der Waals surface area contributed by atoms with Crippen LogP contribution in [0.15, 0.2) is 37.4 Å². The van der Waals surface area contributed by atoms with E-state index in [1.54, 1.807) is 25.0 Å². The average molecular weight is 223 g/mol. The van der Waals surface area contributed by atoms with Crippen molar-refractivity contribution in [3.63, 3.8) is 0 Å². The van der Waals surface area contributed by atoms with E-state index in [0.29, 0.717) is 0 Å². The van der Waals surface area contributed by atoms with Gasteiger partial charge in [0.15, 0.2) is 0 Å². The molecule has 0 atom stereocenters. The predicted molar refractivity (Wildman–Crippen MR) is 46.4 cm³/mol. The van der Waals surface area contributed by atoms with E-state index in [4.69, 9.17) is 0 Å². The van der Waals surface area contributed by atoms with Crippen LogP contribution in [0.2, 0.25) is 0 Å². The van der Waals surface area contributed by atoms with Gasteiger partial charge in [0, 0.05) is 38.9 Å². The van der Waals surface area contributed by atoms with E-state index >= 15 is 0 Å². The van der Waals surface area contributed by atoms with Gasteiger partial charge in [0.05, 0.1) is 12.7 Å². The maximum absolute atomic E-state index is 3.78. The van der Waals surface area contributed by atoms with Gasteiger partial charge in [0.25, 0.3) is 0 Å². The fourth-order valence-electron chi connectivity index (χ4n) is 0.652. The summed E-state index contributed by atoms with van der Waals surface area (Å²) in [5.74, 6) is 0. The van der Waals surface area contributed by atoms with Crippen molar-refractivity contribution in [2.45, 2.75) is 0 Å². The van der Waals surface area contributed by atoms with Gasteiger partial charge in [0.1, 0.15) is 0 Å². The maximum Gasteiger partial charge on any atom is 2.00 e. The molecule has 1 radical (unpaired) electrons. The first-order chi connectivity index (χ1) is 5.79. The second kappa shape index (κ2) is 6.44. The van der Waals surface area contributed by atoms with Crippen LogP contribution in [0.5, 0.6) is 0 Å². The number of imidazole rings is 2. The molecule has 0 aromatic carbocycles. The van der Waals surface area contributed by atoms with Gasteiger partial charge in [-0.25, -0.2) is 9.97 Å². The Balaban J connectivity index is 0.000000206. The first-order valence-corrected chi connectivity index (χ1v) is 3.63. The molecule has 0 N–H and O–H groups in total. The van der Waals surface area contributed by atoms with Crippen LogP contribution in [0.25, 0.3) is 0 Å². The summed E-state index contributed by atoms with van der Waals surface area (Å²) in [6.07, 6.45) is 10.8. The van der Waals surface area contributed by atoms with Gasteiger partial charge in [-0.05, 0) is 0 Å². The number of rotatable bonds is 0. The third-order valence-electron chi connectivity index (χ3n) is 1.27. The van der Waals surface area contributed by atoms with Crippen molar-refractivity contribution in [1.82, 2.24) is 19.1 Å². The van der Waals surface area contributed by atoms with Crippen molar-refractivity contribution in [2.24, 2.45) is 14.1 Å². The Labute approximate surface area is 87.8 Å². The molecule has 13 heavy (non-hydrogen) atoms. The van der Waals surface area contributed by atoms with Crippen molar-refractivity contribution < 1.29 is 16.8 Å². The minimum absolute atomic E-state index is 0. The third-order valence-corrected chi connectivity index (χ3v) is 1.27. The Morgan fingerprint density at radius 1 is 0.846 bits per heavy atom. The largest absolute Gasteiger partial charge is 2.00 e. The fraction of sp³-hybridized carbons (Fsp3) is 0.250. The number of hydrogen-bond acceptors (Lipinski definition) is 2. The van der Waals surface area contributed by atoms with Gasteiger partial charge >= 0.3 is 16.8 Å². The van der Waals surface area contributed by atoms with Crippen LogP contribution >= 0.6 is 0 Å². The molecule has 5 heteroatoms. The Hall–Kier alpha value is -1.07. The Morgan fingerprint density at radius 3 is 1.31 bits per heavy atom. The SMILES string of the molecule is Cn1ccnc1.Cn1ccnc1.[Co+2]. The summed E-state index contributed by atoms with van der Waals surface area (Å²) >= 11 is 0. The zero-order chi connectivity index (χ0) is 8.81. The molecule has 0 spiro atoms. The molecule has 0 aliphatic rings. The smallest absolute Gasteiger partial charge is 0.341 e. The van der Waals surface area contributed by atoms with Crippen molar-refractivity contribution in [3.8, 4) is 0 Å². The minimum Gasteiger partial charge on any atom is -0.341 e. The van der Waals surface area contributed by atoms with Crippen molar-refractivity contribution in [1.29, 1.82) is 0 Å².